The van der Waals surface area contributed by atoms with Gasteiger partial charge >= 0.3 is 5.97 Å². The van der Waals surface area contributed by atoms with Crippen molar-refractivity contribution in [2.24, 2.45) is 0 Å². The van der Waals surface area contributed by atoms with Gasteiger partial charge in [-0.05, 0) is 69.5 Å². The van der Waals surface area contributed by atoms with Gasteiger partial charge in [0.1, 0.15) is 5.82 Å². The fourth-order valence-electron chi connectivity index (χ4n) is 3.12. The van der Waals surface area contributed by atoms with Crippen LogP contribution in [0.15, 0.2) is 30.3 Å². The number of hydrogen-bond acceptors (Lipinski definition) is 3. The fraction of sp³-hybridized carbons (Fsp3) is 0.333. The van der Waals surface area contributed by atoms with Gasteiger partial charge in [-0.3, -0.25) is 4.79 Å². The van der Waals surface area contributed by atoms with E-state index in [-0.39, 0.29) is 10.7 Å². The average Bonchev–Trinajstić information content (AvgIpc) is 3.41. The second-order valence-corrected chi connectivity index (χ2v) is 7.36. The Morgan fingerprint density at radius 3 is 2.68 bits per heavy atom. The molecule has 0 unspecified atom stereocenters. The Hall–Kier alpha value is -2.60. The van der Waals surface area contributed by atoms with Gasteiger partial charge in [0.05, 0.1) is 10.7 Å². The molecule has 0 spiro atoms. The molecule has 0 aliphatic heterocycles. The molecule has 0 saturated heterocycles. The van der Waals surface area contributed by atoms with Crippen molar-refractivity contribution in [3.63, 3.8) is 0 Å². The second kappa shape index (κ2) is 8.19. The number of nitrogens with zero attached hydrogens (tertiary/aromatic N) is 1. The van der Waals surface area contributed by atoms with E-state index in [0.717, 1.165) is 23.0 Å². The van der Waals surface area contributed by atoms with E-state index in [1.807, 2.05) is 19.9 Å². The molecule has 1 saturated carbocycles. The highest BCUT2D eigenvalue weighted by atomic mass is 35.5. The van der Waals surface area contributed by atoms with Gasteiger partial charge < -0.3 is 14.6 Å². The number of benzene rings is 1. The molecule has 1 amide bonds. The van der Waals surface area contributed by atoms with Crippen LogP contribution in [0.25, 0.3) is 6.08 Å². The van der Waals surface area contributed by atoms with Gasteiger partial charge in [0.2, 0.25) is 0 Å². The number of halogens is 2. The minimum Gasteiger partial charge on any atom is -0.449 e. The van der Waals surface area contributed by atoms with Crippen LogP contribution < -0.4 is 5.32 Å². The number of esters is 1. The summed E-state index contributed by atoms with van der Waals surface area (Å²) in [4.78, 5) is 24.2. The van der Waals surface area contributed by atoms with E-state index in [9.17, 15) is 14.0 Å². The highest BCUT2D eigenvalue weighted by Crippen LogP contribution is 2.38. The number of amides is 1. The maximum absolute atomic E-state index is 13.1. The molecule has 1 aliphatic carbocycles. The molecule has 148 valence electrons. The summed E-state index contributed by atoms with van der Waals surface area (Å²) < 4.78 is 20.5. The van der Waals surface area contributed by atoms with E-state index in [0.29, 0.717) is 6.04 Å². The summed E-state index contributed by atoms with van der Waals surface area (Å²) >= 11 is 5.88. The topological polar surface area (TPSA) is 60.3 Å². The molecule has 0 radical (unpaired) electrons. The standard InChI is InChI=1S/C21H22ClFN2O3/c1-12-10-15(13(2)25(12)17-6-7-17)4-9-20(26)28-14(3)21(27)24-19-8-5-16(23)11-18(19)22/h4-5,8-11,14,17H,6-7H2,1-3H3,(H,24,27)/b9-4+/t14-/m0/s1. The second-order valence-electron chi connectivity index (χ2n) is 6.95. The molecular formula is C21H22ClFN2O3. The minimum absolute atomic E-state index is 0.0674. The Labute approximate surface area is 168 Å². The van der Waals surface area contributed by atoms with E-state index in [1.54, 1.807) is 6.08 Å². The summed E-state index contributed by atoms with van der Waals surface area (Å²) in [5, 5.41) is 2.58. The Morgan fingerprint density at radius 1 is 1.32 bits per heavy atom. The van der Waals surface area contributed by atoms with Gasteiger partial charge in [-0.25, -0.2) is 9.18 Å². The Bertz CT molecular complexity index is 947. The van der Waals surface area contributed by atoms with Gasteiger partial charge in [0, 0.05) is 23.5 Å². The molecule has 5 nitrogen and oxygen atoms in total. The van der Waals surface area contributed by atoms with E-state index in [2.05, 4.69) is 9.88 Å². The van der Waals surface area contributed by atoms with Crippen molar-refractivity contribution in [2.75, 3.05) is 5.32 Å². The molecule has 1 N–H and O–H groups in total. The lowest BCUT2D eigenvalue weighted by Gasteiger charge is -2.13. The molecule has 1 aromatic heterocycles. The third kappa shape index (κ3) is 4.62. The van der Waals surface area contributed by atoms with Crippen LogP contribution in [0, 0.1) is 19.7 Å². The first-order valence-electron chi connectivity index (χ1n) is 9.09. The monoisotopic (exact) mass is 404 g/mol. The summed E-state index contributed by atoms with van der Waals surface area (Å²) in [5.74, 6) is -1.68. The van der Waals surface area contributed by atoms with E-state index in [4.69, 9.17) is 16.3 Å². The smallest absolute Gasteiger partial charge is 0.331 e. The van der Waals surface area contributed by atoms with Crippen LogP contribution in [-0.2, 0) is 14.3 Å². The van der Waals surface area contributed by atoms with Crippen molar-refractivity contribution in [3.8, 4) is 0 Å². The molecule has 28 heavy (non-hydrogen) atoms. The predicted molar refractivity (Wildman–Crippen MR) is 107 cm³/mol. The SMILES string of the molecule is Cc1cc(/C=C/C(=O)O[C@@H](C)C(=O)Nc2ccc(F)cc2Cl)c(C)n1C1CC1. The number of anilines is 1. The fourth-order valence-corrected chi connectivity index (χ4v) is 3.33. The summed E-state index contributed by atoms with van der Waals surface area (Å²) in [7, 11) is 0. The van der Waals surface area contributed by atoms with Crippen molar-refractivity contribution < 1.29 is 18.7 Å². The number of aryl methyl sites for hydroxylation is 1. The molecular weight excluding hydrogens is 383 g/mol. The number of rotatable bonds is 6. The number of nitrogens with one attached hydrogen (secondary N) is 1. The molecule has 0 bridgehead atoms. The maximum Gasteiger partial charge on any atom is 0.331 e. The molecule has 1 heterocycles. The lowest BCUT2D eigenvalue weighted by atomic mass is 10.2. The van der Waals surface area contributed by atoms with Gasteiger partial charge in [0.15, 0.2) is 6.10 Å². The summed E-state index contributed by atoms with van der Waals surface area (Å²) in [6.45, 7) is 5.53. The number of carbonyl (C=O) groups excluding carboxylic acids is 2. The lowest BCUT2D eigenvalue weighted by molar-refractivity contribution is -0.148. The molecule has 3 rings (SSSR count). The van der Waals surface area contributed by atoms with E-state index >= 15 is 0 Å². The van der Waals surface area contributed by atoms with E-state index < -0.39 is 23.8 Å². The van der Waals surface area contributed by atoms with Crippen LogP contribution in [0.1, 0.15) is 42.8 Å². The third-order valence-electron chi connectivity index (χ3n) is 4.69. The first kappa shape index (κ1) is 20.1. The largest absolute Gasteiger partial charge is 0.449 e. The highest BCUT2D eigenvalue weighted by Gasteiger charge is 2.26. The van der Waals surface area contributed by atoms with Crippen LogP contribution in [0.3, 0.4) is 0 Å². The molecule has 1 fully saturated rings. The molecule has 1 aliphatic rings. The number of hydrogen-bond donors (Lipinski definition) is 1. The van der Waals surface area contributed by atoms with Gasteiger partial charge in [-0.2, -0.15) is 0 Å². The maximum atomic E-state index is 13.1. The van der Waals surface area contributed by atoms with Crippen molar-refractivity contribution in [3.05, 3.63) is 58.1 Å². The van der Waals surface area contributed by atoms with Crippen molar-refractivity contribution >= 4 is 35.2 Å². The van der Waals surface area contributed by atoms with Crippen LogP contribution in [0.4, 0.5) is 10.1 Å². The molecule has 1 atom stereocenters. The highest BCUT2D eigenvalue weighted by molar-refractivity contribution is 6.33. The van der Waals surface area contributed by atoms with Gasteiger partial charge in [-0.15, -0.1) is 0 Å². The molecule has 1 aromatic carbocycles. The van der Waals surface area contributed by atoms with Crippen molar-refractivity contribution in [1.82, 2.24) is 4.57 Å². The summed E-state index contributed by atoms with van der Waals surface area (Å²) in [5.41, 5.74) is 3.48. The van der Waals surface area contributed by atoms with Gasteiger partial charge in [0.25, 0.3) is 5.91 Å². The average molecular weight is 405 g/mol. The summed E-state index contributed by atoms with van der Waals surface area (Å²) in [6.07, 6.45) is 4.36. The predicted octanol–water partition coefficient (Wildman–Crippen LogP) is 4.82. The zero-order valence-electron chi connectivity index (χ0n) is 16.0. The zero-order valence-corrected chi connectivity index (χ0v) is 16.7. The summed E-state index contributed by atoms with van der Waals surface area (Å²) in [6, 6.07) is 6.22. The Morgan fingerprint density at radius 2 is 2.04 bits per heavy atom. The number of carbonyl (C=O) groups is 2. The minimum atomic E-state index is -1.03. The lowest BCUT2D eigenvalue weighted by Crippen LogP contribution is -2.29. The van der Waals surface area contributed by atoms with Crippen LogP contribution in [0.5, 0.6) is 0 Å². The first-order valence-corrected chi connectivity index (χ1v) is 9.47. The van der Waals surface area contributed by atoms with Crippen LogP contribution in [-0.4, -0.2) is 22.5 Å². The van der Waals surface area contributed by atoms with Crippen LogP contribution >= 0.6 is 11.6 Å². The van der Waals surface area contributed by atoms with E-state index in [1.165, 1.54) is 38.0 Å². The van der Waals surface area contributed by atoms with Crippen LogP contribution in [0.2, 0.25) is 5.02 Å². The van der Waals surface area contributed by atoms with Gasteiger partial charge in [-0.1, -0.05) is 11.6 Å². The number of aromatic nitrogens is 1. The molecule has 2 aromatic rings. The van der Waals surface area contributed by atoms with Crippen molar-refractivity contribution in [2.45, 2.75) is 45.8 Å². The Balaban J connectivity index is 1.58. The number of ether oxygens (including phenoxy) is 1. The van der Waals surface area contributed by atoms with Crippen molar-refractivity contribution in [1.29, 1.82) is 0 Å². The normalized spacial score (nSPS) is 14.9. The zero-order chi connectivity index (χ0) is 20.4. The quantitative estimate of drug-likeness (QED) is 0.554. The third-order valence-corrected chi connectivity index (χ3v) is 5.00. The Kier molecular flexibility index (Phi) is 5.89. The molecule has 7 heteroatoms. The first-order chi connectivity index (χ1) is 13.3.